The van der Waals surface area contributed by atoms with Crippen molar-refractivity contribution in [2.24, 2.45) is 5.92 Å². The Morgan fingerprint density at radius 3 is 2.67 bits per heavy atom. The molecule has 1 saturated heterocycles. The van der Waals surface area contributed by atoms with Crippen molar-refractivity contribution in [2.75, 3.05) is 25.0 Å². The van der Waals surface area contributed by atoms with Gasteiger partial charge in [-0.25, -0.2) is 4.98 Å². The topological polar surface area (TPSA) is 80.8 Å². The van der Waals surface area contributed by atoms with Crippen LogP contribution in [0.3, 0.4) is 0 Å². The van der Waals surface area contributed by atoms with Gasteiger partial charge in [0, 0.05) is 24.4 Å². The molecule has 1 aromatic heterocycles. The number of fused-ring (bicyclic) bond motifs is 1. The standard InChI is InChI=1S/C19H21N3O4S/c1-12-11-27-19(20-12)21-17(23)13-6-8-22(9-7-13)18(24)16-10-25-14-4-2-3-5-15(14)26-16/h2-5,11,13,16H,6-10H2,1H3,(H,20,21,23). The number of anilines is 1. The number of hydrogen-bond acceptors (Lipinski definition) is 6. The Labute approximate surface area is 161 Å². The molecule has 1 aromatic carbocycles. The van der Waals surface area contributed by atoms with Gasteiger partial charge in [0.05, 0.1) is 5.69 Å². The highest BCUT2D eigenvalue weighted by atomic mass is 32.1. The molecule has 2 aliphatic rings. The number of carbonyl (C=O) groups excluding carboxylic acids is 2. The molecule has 142 valence electrons. The summed E-state index contributed by atoms with van der Waals surface area (Å²) in [7, 11) is 0. The Morgan fingerprint density at radius 2 is 1.96 bits per heavy atom. The normalized spacial score (nSPS) is 19.6. The fraction of sp³-hybridized carbons (Fsp3) is 0.421. The predicted octanol–water partition coefficient (Wildman–Crippen LogP) is 2.47. The van der Waals surface area contributed by atoms with Gasteiger partial charge in [0.2, 0.25) is 12.0 Å². The molecule has 1 N–H and O–H groups in total. The van der Waals surface area contributed by atoms with E-state index >= 15 is 0 Å². The van der Waals surface area contributed by atoms with E-state index in [0.717, 1.165) is 5.69 Å². The minimum Gasteiger partial charge on any atom is -0.485 e. The Kier molecular flexibility index (Phi) is 4.98. The van der Waals surface area contributed by atoms with E-state index in [0.29, 0.717) is 42.6 Å². The smallest absolute Gasteiger partial charge is 0.267 e. The predicted molar refractivity (Wildman–Crippen MR) is 101 cm³/mol. The largest absolute Gasteiger partial charge is 0.485 e. The van der Waals surface area contributed by atoms with Gasteiger partial charge in [-0.2, -0.15) is 0 Å². The van der Waals surface area contributed by atoms with E-state index in [1.807, 2.05) is 30.5 Å². The molecule has 7 nitrogen and oxygen atoms in total. The summed E-state index contributed by atoms with van der Waals surface area (Å²) in [5.74, 6) is 1.04. The second-order valence-electron chi connectivity index (χ2n) is 6.75. The molecule has 0 saturated carbocycles. The SMILES string of the molecule is Cc1csc(NC(=O)C2CCN(C(=O)C3COc4ccccc4O3)CC2)n1. The van der Waals surface area contributed by atoms with Crippen LogP contribution >= 0.6 is 11.3 Å². The first-order valence-electron chi connectivity index (χ1n) is 9.00. The highest BCUT2D eigenvalue weighted by molar-refractivity contribution is 7.13. The van der Waals surface area contributed by atoms with Gasteiger partial charge in [-0.05, 0) is 31.9 Å². The molecule has 2 amide bonds. The molecule has 27 heavy (non-hydrogen) atoms. The second kappa shape index (κ2) is 7.56. The molecule has 0 spiro atoms. The summed E-state index contributed by atoms with van der Waals surface area (Å²) in [6.45, 7) is 3.18. The minimum atomic E-state index is -0.636. The molecule has 1 fully saturated rings. The summed E-state index contributed by atoms with van der Waals surface area (Å²) in [5.41, 5.74) is 0.895. The van der Waals surface area contributed by atoms with Crippen molar-refractivity contribution < 1.29 is 19.1 Å². The van der Waals surface area contributed by atoms with Crippen molar-refractivity contribution in [1.82, 2.24) is 9.88 Å². The number of rotatable bonds is 3. The quantitative estimate of drug-likeness (QED) is 0.875. The van der Waals surface area contributed by atoms with Crippen LogP contribution in [-0.2, 0) is 9.59 Å². The van der Waals surface area contributed by atoms with Crippen LogP contribution in [0.5, 0.6) is 11.5 Å². The first-order valence-corrected chi connectivity index (χ1v) is 9.88. The molecule has 4 rings (SSSR count). The molecule has 2 aliphatic heterocycles. The molecule has 3 heterocycles. The first kappa shape index (κ1) is 17.8. The molecular weight excluding hydrogens is 366 g/mol. The zero-order chi connectivity index (χ0) is 18.8. The third-order valence-electron chi connectivity index (χ3n) is 4.81. The zero-order valence-corrected chi connectivity index (χ0v) is 15.8. The minimum absolute atomic E-state index is 0.0253. The van der Waals surface area contributed by atoms with Crippen LogP contribution in [0.1, 0.15) is 18.5 Å². The number of aromatic nitrogens is 1. The molecule has 8 heteroatoms. The van der Waals surface area contributed by atoms with Gasteiger partial charge < -0.3 is 19.7 Å². The summed E-state index contributed by atoms with van der Waals surface area (Å²) in [5, 5.41) is 5.40. The molecule has 1 atom stereocenters. The summed E-state index contributed by atoms with van der Waals surface area (Å²) < 4.78 is 11.4. The number of aryl methyl sites for hydroxylation is 1. The number of ether oxygens (including phenoxy) is 2. The number of piperidine rings is 1. The number of hydrogen-bond donors (Lipinski definition) is 1. The molecule has 1 unspecified atom stereocenters. The number of likely N-dealkylation sites (tertiary alicyclic amines) is 1. The van der Waals surface area contributed by atoms with Gasteiger partial charge >= 0.3 is 0 Å². The first-order chi connectivity index (χ1) is 13.1. The second-order valence-corrected chi connectivity index (χ2v) is 7.61. The lowest BCUT2D eigenvalue weighted by atomic mass is 9.95. The van der Waals surface area contributed by atoms with E-state index < -0.39 is 6.10 Å². The number of nitrogens with zero attached hydrogens (tertiary/aromatic N) is 2. The van der Waals surface area contributed by atoms with Crippen LogP contribution in [0.4, 0.5) is 5.13 Å². The van der Waals surface area contributed by atoms with Gasteiger partial charge in [0.25, 0.3) is 5.91 Å². The maximum Gasteiger partial charge on any atom is 0.267 e. The Bertz CT molecular complexity index is 845. The van der Waals surface area contributed by atoms with E-state index in [-0.39, 0.29) is 24.3 Å². The van der Waals surface area contributed by atoms with Gasteiger partial charge in [0.15, 0.2) is 16.6 Å². The van der Waals surface area contributed by atoms with Gasteiger partial charge in [-0.3, -0.25) is 9.59 Å². The fourth-order valence-electron chi connectivity index (χ4n) is 3.33. The van der Waals surface area contributed by atoms with E-state index in [1.165, 1.54) is 11.3 Å². The Morgan fingerprint density at radius 1 is 1.22 bits per heavy atom. The van der Waals surface area contributed by atoms with E-state index in [4.69, 9.17) is 9.47 Å². The maximum absolute atomic E-state index is 12.7. The molecule has 0 aliphatic carbocycles. The molecular formula is C19H21N3O4S. The van der Waals surface area contributed by atoms with E-state index in [9.17, 15) is 9.59 Å². The number of carbonyl (C=O) groups is 2. The number of thiazole rings is 1. The molecule has 2 aromatic rings. The maximum atomic E-state index is 12.7. The number of benzene rings is 1. The van der Waals surface area contributed by atoms with Crippen molar-refractivity contribution in [3.8, 4) is 11.5 Å². The Hall–Kier alpha value is -2.61. The lowest BCUT2D eigenvalue weighted by Gasteiger charge is -2.34. The third-order valence-corrected chi connectivity index (χ3v) is 5.69. The summed E-state index contributed by atoms with van der Waals surface area (Å²) in [6, 6.07) is 7.34. The van der Waals surface area contributed by atoms with Crippen molar-refractivity contribution in [3.63, 3.8) is 0 Å². The van der Waals surface area contributed by atoms with E-state index in [1.54, 1.807) is 11.0 Å². The lowest BCUT2D eigenvalue weighted by molar-refractivity contribution is -0.143. The highest BCUT2D eigenvalue weighted by Gasteiger charge is 2.34. The summed E-state index contributed by atoms with van der Waals surface area (Å²) >= 11 is 1.42. The van der Waals surface area contributed by atoms with Crippen molar-refractivity contribution in [1.29, 1.82) is 0 Å². The lowest BCUT2D eigenvalue weighted by Crippen LogP contribution is -2.49. The number of para-hydroxylation sites is 2. The van der Waals surface area contributed by atoms with Crippen LogP contribution in [-0.4, -0.2) is 47.5 Å². The van der Waals surface area contributed by atoms with Gasteiger partial charge in [0.1, 0.15) is 6.61 Å². The van der Waals surface area contributed by atoms with Gasteiger partial charge in [-0.1, -0.05) is 12.1 Å². The number of amides is 2. The van der Waals surface area contributed by atoms with Crippen LogP contribution in [0.2, 0.25) is 0 Å². The average molecular weight is 387 g/mol. The van der Waals surface area contributed by atoms with Crippen LogP contribution in [0, 0.1) is 12.8 Å². The van der Waals surface area contributed by atoms with Gasteiger partial charge in [-0.15, -0.1) is 11.3 Å². The van der Waals surface area contributed by atoms with Crippen molar-refractivity contribution >= 4 is 28.3 Å². The third kappa shape index (κ3) is 3.90. The van der Waals surface area contributed by atoms with Crippen LogP contribution in [0.15, 0.2) is 29.6 Å². The highest BCUT2D eigenvalue weighted by Crippen LogP contribution is 2.31. The molecule has 0 radical (unpaired) electrons. The monoisotopic (exact) mass is 387 g/mol. The fourth-order valence-corrected chi connectivity index (χ4v) is 4.02. The molecule has 0 bridgehead atoms. The summed E-state index contributed by atoms with van der Waals surface area (Å²) in [6.07, 6.45) is 0.627. The van der Waals surface area contributed by atoms with Crippen LogP contribution in [0.25, 0.3) is 0 Å². The number of nitrogens with one attached hydrogen (secondary N) is 1. The average Bonchev–Trinajstić information content (AvgIpc) is 3.11. The zero-order valence-electron chi connectivity index (χ0n) is 15.0. The van der Waals surface area contributed by atoms with Crippen molar-refractivity contribution in [3.05, 3.63) is 35.3 Å². The van der Waals surface area contributed by atoms with Crippen LogP contribution < -0.4 is 14.8 Å². The van der Waals surface area contributed by atoms with Crippen molar-refractivity contribution in [2.45, 2.75) is 25.9 Å². The van der Waals surface area contributed by atoms with E-state index in [2.05, 4.69) is 10.3 Å². The Balaban J connectivity index is 1.30. The summed E-state index contributed by atoms with van der Waals surface area (Å²) in [4.78, 5) is 31.2.